The molecule has 0 spiro atoms. The highest BCUT2D eigenvalue weighted by Crippen LogP contribution is 2.28. The Labute approximate surface area is 206 Å². The van der Waals surface area contributed by atoms with E-state index in [-0.39, 0.29) is 0 Å². The molecule has 2 aromatic heterocycles. The fraction of sp³-hybridized carbons (Fsp3) is 0.292. The number of nitrogens with two attached hydrogens (primary N) is 1. The number of carbonyl (C=O) groups is 1. The summed E-state index contributed by atoms with van der Waals surface area (Å²) in [4.78, 5) is 18.7. The van der Waals surface area contributed by atoms with E-state index in [0.29, 0.717) is 35.4 Å². The van der Waals surface area contributed by atoms with Crippen molar-refractivity contribution in [2.75, 3.05) is 7.11 Å². The van der Waals surface area contributed by atoms with E-state index >= 15 is 0 Å². The Morgan fingerprint density at radius 2 is 1.91 bits per heavy atom. The SMILES string of the molecule is CCc1nc(-c2ccc(OC)cc2)n(-c2cccc(C(N)=O)c2CCCCn2ncc(Br)n2)n1. The lowest BCUT2D eigenvalue weighted by Gasteiger charge is -2.15. The van der Waals surface area contributed by atoms with Crippen LogP contribution in [0.5, 0.6) is 5.75 Å². The molecule has 0 bridgehead atoms. The summed E-state index contributed by atoms with van der Waals surface area (Å²) in [5.74, 6) is 1.72. The molecule has 0 saturated carbocycles. The molecule has 0 saturated heterocycles. The topological polar surface area (TPSA) is 114 Å². The zero-order chi connectivity index (χ0) is 24.1. The Kier molecular flexibility index (Phi) is 7.36. The first kappa shape index (κ1) is 23.6. The molecule has 0 radical (unpaired) electrons. The van der Waals surface area contributed by atoms with Gasteiger partial charge >= 0.3 is 0 Å². The largest absolute Gasteiger partial charge is 0.497 e. The number of benzene rings is 2. The number of unbranched alkanes of at least 4 members (excludes halogenated alkanes) is 1. The van der Waals surface area contributed by atoms with Crippen molar-refractivity contribution in [2.45, 2.75) is 39.2 Å². The number of aryl methyl sites for hydroxylation is 2. The third kappa shape index (κ3) is 5.17. The van der Waals surface area contributed by atoms with Crippen LogP contribution in [-0.4, -0.2) is 42.8 Å². The molecule has 0 aliphatic heterocycles. The Balaban J connectivity index is 1.68. The lowest BCUT2D eigenvalue weighted by atomic mass is 9.99. The van der Waals surface area contributed by atoms with Crippen molar-refractivity contribution in [3.63, 3.8) is 0 Å². The molecule has 1 amide bonds. The van der Waals surface area contributed by atoms with Crippen LogP contribution in [0.3, 0.4) is 0 Å². The van der Waals surface area contributed by atoms with Gasteiger partial charge in [-0.25, -0.2) is 9.67 Å². The number of methoxy groups -OCH3 is 1. The predicted octanol–water partition coefficient (Wildman–Crippen LogP) is 3.98. The zero-order valence-corrected chi connectivity index (χ0v) is 20.7. The molecule has 2 aromatic carbocycles. The molecule has 0 fully saturated rings. The second-order valence-corrected chi connectivity index (χ2v) is 8.55. The van der Waals surface area contributed by atoms with Gasteiger partial charge in [0.15, 0.2) is 11.6 Å². The Hall–Kier alpha value is -3.53. The van der Waals surface area contributed by atoms with E-state index in [1.165, 1.54) is 0 Å². The van der Waals surface area contributed by atoms with Crippen molar-refractivity contribution >= 4 is 21.8 Å². The van der Waals surface area contributed by atoms with Gasteiger partial charge in [0, 0.05) is 17.5 Å². The maximum Gasteiger partial charge on any atom is 0.249 e. The summed E-state index contributed by atoms with van der Waals surface area (Å²) in [6.45, 7) is 2.69. The minimum atomic E-state index is -0.462. The molecule has 0 aliphatic rings. The molecule has 2 heterocycles. The minimum absolute atomic E-state index is 0.462. The maximum absolute atomic E-state index is 12.3. The van der Waals surface area contributed by atoms with Crippen LogP contribution in [0.2, 0.25) is 0 Å². The maximum atomic E-state index is 12.3. The Morgan fingerprint density at radius 3 is 2.56 bits per heavy atom. The van der Waals surface area contributed by atoms with Crippen LogP contribution in [-0.2, 0) is 19.4 Å². The smallest absolute Gasteiger partial charge is 0.249 e. The van der Waals surface area contributed by atoms with Crippen molar-refractivity contribution < 1.29 is 9.53 Å². The lowest BCUT2D eigenvalue weighted by molar-refractivity contribution is 0.0999. The summed E-state index contributed by atoms with van der Waals surface area (Å²) in [7, 11) is 1.63. The van der Waals surface area contributed by atoms with Gasteiger partial charge in [-0.3, -0.25) is 4.79 Å². The quantitative estimate of drug-likeness (QED) is 0.314. The number of hydrogen-bond acceptors (Lipinski definition) is 6. The Bertz CT molecular complexity index is 1280. The average Bonchev–Trinajstić information content (AvgIpc) is 3.47. The van der Waals surface area contributed by atoms with Crippen LogP contribution < -0.4 is 10.5 Å². The summed E-state index contributed by atoms with van der Waals surface area (Å²) in [6, 6.07) is 13.2. The molecule has 0 aliphatic carbocycles. The first-order valence-corrected chi connectivity index (χ1v) is 11.9. The van der Waals surface area contributed by atoms with E-state index < -0.39 is 5.91 Å². The van der Waals surface area contributed by atoms with Gasteiger partial charge in [-0.1, -0.05) is 13.0 Å². The number of nitrogens with zero attached hydrogens (tertiary/aromatic N) is 6. The highest BCUT2D eigenvalue weighted by atomic mass is 79.9. The highest BCUT2D eigenvalue weighted by molar-refractivity contribution is 9.10. The third-order valence-electron chi connectivity index (χ3n) is 5.50. The number of ether oxygens (including phenoxy) is 1. The monoisotopic (exact) mass is 523 g/mol. The number of halogens is 1. The second kappa shape index (κ2) is 10.6. The molecule has 4 aromatic rings. The van der Waals surface area contributed by atoms with E-state index in [2.05, 4.69) is 26.1 Å². The number of hydrogen-bond donors (Lipinski definition) is 1. The Morgan fingerprint density at radius 1 is 1.12 bits per heavy atom. The summed E-state index contributed by atoms with van der Waals surface area (Å²) in [6.07, 6.45) is 4.67. The normalized spacial score (nSPS) is 11.0. The molecular weight excluding hydrogens is 498 g/mol. The van der Waals surface area contributed by atoms with Gasteiger partial charge in [0.25, 0.3) is 0 Å². The summed E-state index contributed by atoms with van der Waals surface area (Å²) < 4.78 is 7.81. The minimum Gasteiger partial charge on any atom is -0.497 e. The van der Waals surface area contributed by atoms with Crippen molar-refractivity contribution in [1.82, 2.24) is 29.8 Å². The molecule has 0 unspecified atom stereocenters. The van der Waals surface area contributed by atoms with E-state index in [0.717, 1.165) is 41.2 Å². The zero-order valence-electron chi connectivity index (χ0n) is 19.1. The molecule has 0 atom stereocenters. The summed E-state index contributed by atoms with van der Waals surface area (Å²) in [5.41, 5.74) is 8.79. The van der Waals surface area contributed by atoms with Gasteiger partial charge in [0.1, 0.15) is 10.4 Å². The predicted molar refractivity (Wildman–Crippen MR) is 132 cm³/mol. The van der Waals surface area contributed by atoms with Gasteiger partial charge in [-0.05, 0) is 77.2 Å². The molecule has 10 heteroatoms. The standard InChI is InChI=1S/C24H26BrN7O2/c1-3-22-28-24(16-10-12-17(34-2)13-11-16)32(30-22)20-9-6-8-19(23(26)33)18(20)7-4-5-14-31-27-15-21(25)29-31/h6,8-13,15H,3-5,7,14H2,1-2H3,(H2,26,33). The second-order valence-electron chi connectivity index (χ2n) is 7.73. The third-order valence-corrected chi connectivity index (χ3v) is 5.87. The number of rotatable bonds is 10. The van der Waals surface area contributed by atoms with Gasteiger partial charge < -0.3 is 10.5 Å². The highest BCUT2D eigenvalue weighted by Gasteiger charge is 2.19. The molecule has 4 rings (SSSR count). The molecular formula is C24H26BrN7O2. The fourth-order valence-corrected chi connectivity index (χ4v) is 4.08. The van der Waals surface area contributed by atoms with Crippen LogP contribution in [0.4, 0.5) is 0 Å². The molecule has 34 heavy (non-hydrogen) atoms. The number of amides is 1. The van der Waals surface area contributed by atoms with E-state index in [4.69, 9.17) is 20.6 Å². The van der Waals surface area contributed by atoms with Crippen LogP contribution in [0.1, 0.15) is 41.5 Å². The van der Waals surface area contributed by atoms with Gasteiger partial charge in [-0.2, -0.15) is 15.0 Å². The average molecular weight is 524 g/mol. The lowest BCUT2D eigenvalue weighted by Crippen LogP contribution is -2.16. The molecule has 9 nitrogen and oxygen atoms in total. The number of primary amides is 1. The van der Waals surface area contributed by atoms with Gasteiger partial charge in [0.2, 0.25) is 5.91 Å². The van der Waals surface area contributed by atoms with E-state index in [1.807, 2.05) is 48.0 Å². The van der Waals surface area contributed by atoms with Crippen molar-refractivity contribution in [3.8, 4) is 22.8 Å². The van der Waals surface area contributed by atoms with E-state index in [9.17, 15) is 4.79 Å². The summed E-state index contributed by atoms with van der Waals surface area (Å²) in [5, 5.41) is 13.2. The van der Waals surface area contributed by atoms with Crippen LogP contribution in [0.25, 0.3) is 17.1 Å². The van der Waals surface area contributed by atoms with Crippen molar-refractivity contribution in [3.05, 3.63) is 70.2 Å². The van der Waals surface area contributed by atoms with Crippen molar-refractivity contribution in [1.29, 1.82) is 0 Å². The van der Waals surface area contributed by atoms with Gasteiger partial charge in [-0.15, -0.1) is 5.10 Å². The van der Waals surface area contributed by atoms with Crippen molar-refractivity contribution in [2.24, 2.45) is 5.73 Å². The summed E-state index contributed by atoms with van der Waals surface area (Å²) >= 11 is 3.31. The fourth-order valence-electron chi connectivity index (χ4n) is 3.81. The van der Waals surface area contributed by atoms with Crippen LogP contribution in [0, 0.1) is 0 Å². The first-order chi connectivity index (χ1) is 16.5. The number of aromatic nitrogens is 6. The number of carbonyl (C=O) groups excluding carboxylic acids is 1. The van der Waals surface area contributed by atoms with E-state index in [1.54, 1.807) is 24.2 Å². The van der Waals surface area contributed by atoms with Gasteiger partial charge in [0.05, 0.1) is 25.5 Å². The van der Waals surface area contributed by atoms with Crippen LogP contribution in [0.15, 0.2) is 53.3 Å². The first-order valence-electron chi connectivity index (χ1n) is 11.1. The molecule has 2 N–H and O–H groups in total. The van der Waals surface area contributed by atoms with Crippen LogP contribution >= 0.6 is 15.9 Å². The molecule has 176 valence electrons.